The lowest BCUT2D eigenvalue weighted by molar-refractivity contribution is -0.147. The lowest BCUT2D eigenvalue weighted by Crippen LogP contribution is -2.47. The number of amides is 2. The summed E-state index contributed by atoms with van der Waals surface area (Å²) >= 11 is 0. The first kappa shape index (κ1) is 39.8. The van der Waals surface area contributed by atoms with Crippen molar-refractivity contribution in [2.45, 2.75) is 124 Å². The first-order valence-corrected chi connectivity index (χ1v) is 11.8. The Bertz CT molecular complexity index is 778. The number of hydrogen-bond acceptors (Lipinski definition) is 7. The van der Waals surface area contributed by atoms with Gasteiger partial charge in [-0.05, 0) is 69.2 Å². The van der Waals surface area contributed by atoms with Crippen molar-refractivity contribution in [3.8, 4) is 0 Å². The van der Waals surface area contributed by atoms with E-state index in [1.54, 1.807) is 41.5 Å². The van der Waals surface area contributed by atoms with E-state index in [4.69, 9.17) is 14.6 Å². The Hall–Kier alpha value is -2.66. The van der Waals surface area contributed by atoms with Gasteiger partial charge in [-0.15, -0.1) is 0 Å². The molecule has 0 aromatic carbocycles. The Kier molecular flexibility index (Phi) is 15.8. The van der Waals surface area contributed by atoms with Crippen LogP contribution in [0.2, 0.25) is 0 Å². The summed E-state index contributed by atoms with van der Waals surface area (Å²) in [5, 5.41) is 9.04. The molecule has 2 amide bonds. The Morgan fingerprint density at radius 3 is 1.24 bits per heavy atom. The molecular formula is C26H50F2N2O8. The van der Waals surface area contributed by atoms with Crippen LogP contribution in [0.4, 0.5) is 18.4 Å². The van der Waals surface area contributed by atoms with Crippen LogP contribution in [-0.2, 0) is 23.8 Å². The second-order valence-corrected chi connectivity index (χ2v) is 11.9. The van der Waals surface area contributed by atoms with Gasteiger partial charge in [-0.2, -0.15) is 0 Å². The number of ether oxygens (including phenoxy) is 3. The lowest BCUT2D eigenvalue weighted by Gasteiger charge is -2.31. The highest BCUT2D eigenvalue weighted by Crippen LogP contribution is 2.22. The fourth-order valence-corrected chi connectivity index (χ4v) is 2.75. The van der Waals surface area contributed by atoms with E-state index in [2.05, 4.69) is 4.74 Å². The number of alkyl halides is 2. The molecule has 0 saturated carbocycles. The number of hydrogen-bond donors (Lipinski definition) is 1. The van der Waals surface area contributed by atoms with Crippen molar-refractivity contribution in [2.24, 2.45) is 0 Å². The van der Waals surface area contributed by atoms with Crippen LogP contribution in [-0.4, -0.2) is 94.9 Å². The van der Waals surface area contributed by atoms with Crippen molar-refractivity contribution >= 4 is 24.1 Å². The monoisotopic (exact) mass is 556 g/mol. The van der Waals surface area contributed by atoms with Crippen LogP contribution in [0.25, 0.3) is 0 Å². The minimum atomic E-state index is -1.68. The number of nitrogens with zero attached hydrogens (tertiary/aromatic N) is 2. The second-order valence-electron chi connectivity index (χ2n) is 11.9. The molecule has 0 aromatic heterocycles. The maximum Gasteiger partial charge on any atom is 0.410 e. The number of halogens is 2. The summed E-state index contributed by atoms with van der Waals surface area (Å²) in [5.41, 5.74) is -4.69. The van der Waals surface area contributed by atoms with E-state index in [-0.39, 0.29) is 20.3 Å². The van der Waals surface area contributed by atoms with Gasteiger partial charge in [-0.25, -0.2) is 28.0 Å². The standard InChI is InChI=1S/C13H24FNO4.C12H22FNO4.CH4/c1-12(2,3)19-11(17)15(6)9(10(16)18-7)8-13(4,5)14;1-11(2,3)18-10(17)14(6)8(9(15)16)7-12(4,5)13;/h9H,8H2,1-7H3;8H,7H2,1-6H3,(H,15,16);1H4/t9-;8-;/m00./s1. The molecule has 0 aliphatic carbocycles. The third-order valence-corrected chi connectivity index (χ3v) is 4.41. The van der Waals surface area contributed by atoms with Crippen molar-refractivity contribution < 1.29 is 47.3 Å². The van der Waals surface area contributed by atoms with Gasteiger partial charge < -0.3 is 19.3 Å². The highest BCUT2D eigenvalue weighted by Gasteiger charge is 2.36. The van der Waals surface area contributed by atoms with Crippen LogP contribution in [0, 0.1) is 0 Å². The Morgan fingerprint density at radius 1 is 0.711 bits per heavy atom. The molecule has 0 saturated heterocycles. The van der Waals surface area contributed by atoms with Crippen LogP contribution < -0.4 is 0 Å². The Balaban J connectivity index is -0.000000629. The fraction of sp³-hybridized carbons (Fsp3) is 0.846. The molecule has 1 N–H and O–H groups in total. The van der Waals surface area contributed by atoms with Crippen LogP contribution >= 0.6 is 0 Å². The highest BCUT2D eigenvalue weighted by molar-refractivity contribution is 5.81. The third-order valence-electron chi connectivity index (χ3n) is 4.41. The van der Waals surface area contributed by atoms with Crippen LogP contribution in [0.1, 0.15) is 89.5 Å². The largest absolute Gasteiger partial charge is 0.480 e. The number of likely N-dealkylation sites (N-methyl/N-ethyl adjacent to an activating group) is 2. The van der Waals surface area contributed by atoms with Gasteiger partial charge in [0.15, 0.2) is 0 Å². The summed E-state index contributed by atoms with van der Waals surface area (Å²) in [4.78, 5) is 48.3. The summed E-state index contributed by atoms with van der Waals surface area (Å²) in [6, 6.07) is -2.26. The SMILES string of the molecule is C.CN(C(=O)OC(C)(C)C)[C@@H](CC(C)(C)F)C(=O)O.COC(=O)[C@H](CC(C)(C)F)N(C)C(=O)OC(C)(C)C. The van der Waals surface area contributed by atoms with Gasteiger partial charge in [0.25, 0.3) is 0 Å². The van der Waals surface area contributed by atoms with Crippen molar-refractivity contribution in [3.05, 3.63) is 0 Å². The third kappa shape index (κ3) is 18.6. The molecule has 0 bridgehead atoms. The molecule has 0 aliphatic rings. The van der Waals surface area contributed by atoms with Crippen molar-refractivity contribution in [2.75, 3.05) is 21.2 Å². The summed E-state index contributed by atoms with van der Waals surface area (Å²) in [6.07, 6.45) is -1.92. The van der Waals surface area contributed by atoms with E-state index in [0.29, 0.717) is 0 Å². The molecule has 0 rings (SSSR count). The number of aliphatic carboxylic acids is 1. The van der Waals surface area contributed by atoms with Gasteiger partial charge in [0.2, 0.25) is 0 Å². The van der Waals surface area contributed by atoms with E-state index in [9.17, 15) is 28.0 Å². The summed E-state index contributed by atoms with van der Waals surface area (Å²) in [5.74, 6) is -1.92. The molecule has 2 atom stereocenters. The summed E-state index contributed by atoms with van der Waals surface area (Å²) in [6.45, 7) is 15.4. The highest BCUT2D eigenvalue weighted by atomic mass is 19.1. The maximum atomic E-state index is 13.7. The number of carbonyl (C=O) groups excluding carboxylic acids is 3. The van der Waals surface area contributed by atoms with Gasteiger partial charge in [-0.3, -0.25) is 9.80 Å². The molecule has 12 heteroatoms. The number of methoxy groups -OCH3 is 1. The van der Waals surface area contributed by atoms with Gasteiger partial charge in [-0.1, -0.05) is 7.43 Å². The minimum absolute atomic E-state index is 0. The van der Waals surface area contributed by atoms with Crippen LogP contribution in [0.3, 0.4) is 0 Å². The number of carboxylic acid groups (broad SMARTS) is 1. The van der Waals surface area contributed by atoms with E-state index in [1.807, 2.05) is 0 Å². The van der Waals surface area contributed by atoms with E-state index < -0.39 is 58.7 Å². The number of carbonyl (C=O) groups is 4. The molecule has 0 aromatic rings. The number of esters is 1. The quantitative estimate of drug-likeness (QED) is 0.302. The Labute approximate surface area is 227 Å². The van der Waals surface area contributed by atoms with Gasteiger partial charge in [0, 0.05) is 26.9 Å². The number of rotatable bonds is 8. The van der Waals surface area contributed by atoms with E-state index >= 15 is 0 Å². The van der Waals surface area contributed by atoms with Crippen molar-refractivity contribution in [3.63, 3.8) is 0 Å². The summed E-state index contributed by atoms with van der Waals surface area (Å²) in [7, 11) is 3.88. The van der Waals surface area contributed by atoms with Gasteiger partial charge >= 0.3 is 24.1 Å². The molecule has 226 valence electrons. The average Bonchev–Trinajstić information content (AvgIpc) is 2.64. The molecule has 38 heavy (non-hydrogen) atoms. The normalized spacial score (nSPS) is 13.4. The number of carboxylic acids is 1. The fourth-order valence-electron chi connectivity index (χ4n) is 2.75. The topological polar surface area (TPSA) is 123 Å². The summed E-state index contributed by atoms with van der Waals surface area (Å²) < 4.78 is 42.0. The zero-order chi connectivity index (χ0) is 30.2. The lowest BCUT2D eigenvalue weighted by atomic mass is 10.00. The zero-order valence-electron chi connectivity index (χ0n) is 24.5. The molecule has 0 radical (unpaired) electrons. The predicted molar refractivity (Wildman–Crippen MR) is 142 cm³/mol. The molecular weight excluding hydrogens is 506 g/mol. The molecule has 0 fully saturated rings. The molecule has 0 spiro atoms. The second kappa shape index (κ2) is 15.1. The van der Waals surface area contributed by atoms with E-state index in [1.165, 1.54) is 48.9 Å². The molecule has 0 aliphatic heterocycles. The Morgan fingerprint density at radius 2 is 1.00 bits per heavy atom. The van der Waals surface area contributed by atoms with E-state index in [0.717, 1.165) is 9.80 Å². The van der Waals surface area contributed by atoms with Gasteiger partial charge in [0.1, 0.15) is 34.6 Å². The van der Waals surface area contributed by atoms with Crippen molar-refractivity contribution in [1.82, 2.24) is 9.80 Å². The molecule has 0 unspecified atom stereocenters. The van der Waals surface area contributed by atoms with Crippen LogP contribution in [0.15, 0.2) is 0 Å². The van der Waals surface area contributed by atoms with Crippen LogP contribution in [0.5, 0.6) is 0 Å². The average molecular weight is 557 g/mol. The van der Waals surface area contributed by atoms with Gasteiger partial charge in [0.05, 0.1) is 7.11 Å². The zero-order valence-corrected chi connectivity index (χ0v) is 24.5. The first-order chi connectivity index (χ1) is 16.2. The first-order valence-electron chi connectivity index (χ1n) is 11.8. The minimum Gasteiger partial charge on any atom is -0.480 e. The smallest absolute Gasteiger partial charge is 0.410 e. The maximum absolute atomic E-state index is 13.7. The molecule has 0 heterocycles. The predicted octanol–water partition coefficient (Wildman–Crippen LogP) is 5.61. The van der Waals surface area contributed by atoms with Crippen molar-refractivity contribution in [1.29, 1.82) is 0 Å². The molecule has 10 nitrogen and oxygen atoms in total.